The van der Waals surface area contributed by atoms with E-state index in [0.717, 1.165) is 17.3 Å². The maximum absolute atomic E-state index is 12.2. The molecule has 1 unspecified atom stereocenters. The fourth-order valence-electron chi connectivity index (χ4n) is 2.87. The number of rotatable bonds is 6. The zero-order chi connectivity index (χ0) is 23.4. The number of hydrogen-bond acceptors (Lipinski definition) is 6. The highest BCUT2D eigenvalue weighted by molar-refractivity contribution is 8.15. The van der Waals surface area contributed by atoms with Crippen LogP contribution in [0, 0.1) is 0 Å². The number of hydrogen-bond donors (Lipinski definition) is 2. The summed E-state index contributed by atoms with van der Waals surface area (Å²) in [7, 11) is 0. The number of thioether (sulfide) groups is 1. The molecule has 1 aromatic heterocycles. The van der Waals surface area contributed by atoms with Crippen LogP contribution in [0.4, 0.5) is 5.69 Å². The van der Waals surface area contributed by atoms with Crippen LogP contribution in [0.25, 0.3) is 11.3 Å². The third-order valence-electron chi connectivity index (χ3n) is 4.44. The van der Waals surface area contributed by atoms with Gasteiger partial charge in [0.25, 0.3) is 0 Å². The summed E-state index contributed by atoms with van der Waals surface area (Å²) in [5.41, 5.74) is 1.37. The van der Waals surface area contributed by atoms with Crippen molar-refractivity contribution in [2.24, 2.45) is 10.2 Å². The first-order valence-corrected chi connectivity index (χ1v) is 11.6. The Hall–Kier alpha value is -2.78. The predicted molar refractivity (Wildman–Crippen MR) is 133 cm³/mol. The summed E-state index contributed by atoms with van der Waals surface area (Å²) < 4.78 is 5.71. The molecule has 1 atom stereocenters. The molecule has 33 heavy (non-hydrogen) atoms. The van der Waals surface area contributed by atoms with Crippen LogP contribution in [0.15, 0.2) is 69.2 Å². The third-order valence-corrected chi connectivity index (χ3v) is 6.50. The summed E-state index contributed by atoms with van der Waals surface area (Å²) in [5, 5.41) is 14.5. The lowest BCUT2D eigenvalue weighted by Gasteiger charge is -2.07. The Morgan fingerprint density at radius 1 is 1.09 bits per heavy atom. The van der Waals surface area contributed by atoms with Gasteiger partial charge in [-0.2, -0.15) is 5.10 Å². The zero-order valence-corrected chi connectivity index (χ0v) is 19.8. The lowest BCUT2D eigenvalue weighted by molar-refractivity contribution is -0.122. The molecular weight excluding hydrogens is 507 g/mol. The molecule has 3 aromatic rings. The average molecular weight is 522 g/mol. The van der Waals surface area contributed by atoms with Gasteiger partial charge in [0.2, 0.25) is 11.8 Å². The molecule has 0 saturated carbocycles. The van der Waals surface area contributed by atoms with Crippen molar-refractivity contribution in [2.45, 2.75) is 11.7 Å². The molecule has 2 N–H and O–H groups in total. The molecule has 1 aliphatic heterocycles. The molecule has 1 fully saturated rings. The summed E-state index contributed by atoms with van der Waals surface area (Å²) in [5.74, 6) is 0.465. The van der Waals surface area contributed by atoms with Crippen molar-refractivity contribution in [2.75, 3.05) is 5.32 Å². The molecule has 0 spiro atoms. The fourth-order valence-corrected chi connectivity index (χ4v) is 4.21. The number of nitrogens with zero attached hydrogens (tertiary/aromatic N) is 2. The lowest BCUT2D eigenvalue weighted by Crippen LogP contribution is -2.28. The van der Waals surface area contributed by atoms with Gasteiger partial charge in [-0.1, -0.05) is 46.6 Å². The monoisotopic (exact) mass is 520 g/mol. The van der Waals surface area contributed by atoms with Crippen LogP contribution < -0.4 is 10.6 Å². The molecule has 7 nitrogen and oxygen atoms in total. The topological polar surface area (TPSA) is 96.1 Å². The molecule has 2 aromatic carbocycles. The number of carbonyl (C=O) groups excluding carboxylic acids is 2. The van der Waals surface area contributed by atoms with Crippen molar-refractivity contribution in [3.63, 3.8) is 0 Å². The minimum atomic E-state index is -0.601. The van der Waals surface area contributed by atoms with E-state index in [1.807, 2.05) is 0 Å². The molecular formula is C22H15Cl3N4O3S. The van der Waals surface area contributed by atoms with Crippen LogP contribution in [0.5, 0.6) is 0 Å². The number of furan rings is 1. The summed E-state index contributed by atoms with van der Waals surface area (Å²) in [6.07, 6.45) is 1.41. The molecule has 0 bridgehead atoms. The van der Waals surface area contributed by atoms with E-state index < -0.39 is 5.25 Å². The maximum Gasteiger partial charge on any atom is 0.240 e. The predicted octanol–water partition coefficient (Wildman–Crippen LogP) is 5.86. The zero-order valence-electron chi connectivity index (χ0n) is 16.7. The van der Waals surface area contributed by atoms with Crippen LogP contribution in [0.1, 0.15) is 12.2 Å². The van der Waals surface area contributed by atoms with E-state index >= 15 is 0 Å². The first-order chi connectivity index (χ1) is 15.9. The van der Waals surface area contributed by atoms with Gasteiger partial charge < -0.3 is 15.1 Å². The summed E-state index contributed by atoms with van der Waals surface area (Å²) in [4.78, 5) is 24.4. The van der Waals surface area contributed by atoms with Gasteiger partial charge in [0, 0.05) is 22.7 Å². The number of amidine groups is 1. The number of nitrogens with one attached hydrogen (secondary N) is 2. The Morgan fingerprint density at radius 2 is 1.88 bits per heavy atom. The second kappa shape index (κ2) is 10.4. The van der Waals surface area contributed by atoms with Crippen LogP contribution >= 0.6 is 46.6 Å². The normalized spacial score (nSPS) is 17.0. The van der Waals surface area contributed by atoms with E-state index in [1.165, 1.54) is 6.21 Å². The van der Waals surface area contributed by atoms with Crippen molar-refractivity contribution < 1.29 is 14.0 Å². The van der Waals surface area contributed by atoms with Gasteiger partial charge in [-0.3, -0.25) is 9.59 Å². The Labute approximate surface area is 208 Å². The average Bonchev–Trinajstić information content (AvgIpc) is 3.38. The molecule has 11 heteroatoms. The number of amides is 2. The smallest absolute Gasteiger partial charge is 0.240 e. The van der Waals surface area contributed by atoms with Crippen molar-refractivity contribution in [3.05, 3.63) is 75.4 Å². The van der Waals surface area contributed by atoms with E-state index in [4.69, 9.17) is 39.2 Å². The van der Waals surface area contributed by atoms with Gasteiger partial charge in [0.15, 0.2) is 5.17 Å². The number of anilines is 1. The van der Waals surface area contributed by atoms with Crippen LogP contribution in [0.2, 0.25) is 15.1 Å². The lowest BCUT2D eigenvalue weighted by atomic mass is 10.2. The van der Waals surface area contributed by atoms with Crippen molar-refractivity contribution in [3.8, 4) is 11.3 Å². The Bertz CT molecular complexity index is 1260. The molecule has 168 valence electrons. The minimum Gasteiger partial charge on any atom is -0.455 e. The van der Waals surface area contributed by atoms with Gasteiger partial charge >= 0.3 is 0 Å². The first-order valence-electron chi connectivity index (χ1n) is 9.56. The summed E-state index contributed by atoms with van der Waals surface area (Å²) in [6.45, 7) is 0. The second-order valence-corrected chi connectivity index (χ2v) is 9.28. The number of halogens is 3. The van der Waals surface area contributed by atoms with Gasteiger partial charge in [-0.25, -0.2) is 0 Å². The van der Waals surface area contributed by atoms with E-state index in [1.54, 1.807) is 54.6 Å². The number of benzene rings is 2. The first kappa shape index (κ1) is 23.4. The Kier molecular flexibility index (Phi) is 7.39. The van der Waals surface area contributed by atoms with Crippen molar-refractivity contribution in [1.29, 1.82) is 0 Å². The largest absolute Gasteiger partial charge is 0.455 e. The van der Waals surface area contributed by atoms with Gasteiger partial charge in [0.05, 0.1) is 16.3 Å². The second-order valence-electron chi connectivity index (χ2n) is 6.84. The SMILES string of the molecule is O=C(CC1S/C(=N\N=C\c2ccc(-c3ccc(Cl)c(Cl)c3)o2)NC1=O)Nc1ccc(Cl)cc1. The van der Waals surface area contributed by atoms with E-state index in [0.29, 0.717) is 37.4 Å². The summed E-state index contributed by atoms with van der Waals surface area (Å²) in [6, 6.07) is 15.4. The fraction of sp³-hybridized carbons (Fsp3) is 0.0909. The molecule has 0 aliphatic carbocycles. The van der Waals surface area contributed by atoms with E-state index in [-0.39, 0.29) is 18.2 Å². The number of carbonyl (C=O) groups is 2. The van der Waals surface area contributed by atoms with Crippen LogP contribution in [-0.4, -0.2) is 28.4 Å². The Morgan fingerprint density at radius 3 is 2.64 bits per heavy atom. The molecule has 2 amide bonds. The van der Waals surface area contributed by atoms with E-state index in [2.05, 4.69) is 20.8 Å². The summed E-state index contributed by atoms with van der Waals surface area (Å²) >= 11 is 18.9. The molecule has 1 saturated heterocycles. The molecule has 0 radical (unpaired) electrons. The van der Waals surface area contributed by atoms with Gasteiger partial charge in [0.1, 0.15) is 16.8 Å². The van der Waals surface area contributed by atoms with Gasteiger partial charge in [-0.15, -0.1) is 5.10 Å². The Balaban J connectivity index is 1.33. The van der Waals surface area contributed by atoms with Crippen molar-refractivity contribution in [1.82, 2.24) is 5.32 Å². The standard InChI is InChI=1S/C22H15Cl3N4O3S/c23-13-2-4-14(5-3-13)27-20(30)10-19-21(31)28-22(33-19)29-26-11-15-6-8-18(32-15)12-1-7-16(24)17(25)9-12/h1-9,11,19H,10H2,(H,27,30)(H,28,29,31)/b26-11+. The molecule has 1 aliphatic rings. The highest BCUT2D eigenvalue weighted by Gasteiger charge is 2.32. The van der Waals surface area contributed by atoms with Crippen LogP contribution in [0.3, 0.4) is 0 Å². The quantitative estimate of drug-likeness (QED) is 0.314. The highest BCUT2D eigenvalue weighted by atomic mass is 35.5. The van der Waals surface area contributed by atoms with E-state index in [9.17, 15) is 9.59 Å². The molecule has 2 heterocycles. The van der Waals surface area contributed by atoms with Crippen molar-refractivity contribution >= 4 is 75.4 Å². The minimum absolute atomic E-state index is 0.00689. The van der Waals surface area contributed by atoms with Crippen LogP contribution in [-0.2, 0) is 9.59 Å². The maximum atomic E-state index is 12.2. The third kappa shape index (κ3) is 6.17. The highest BCUT2D eigenvalue weighted by Crippen LogP contribution is 2.29. The van der Waals surface area contributed by atoms with Gasteiger partial charge in [-0.05, 0) is 54.6 Å². The molecule has 4 rings (SSSR count).